The van der Waals surface area contributed by atoms with E-state index in [1.165, 1.54) is 34.2 Å². The van der Waals surface area contributed by atoms with E-state index in [0.717, 1.165) is 23.2 Å². The highest BCUT2D eigenvalue weighted by Gasteiger charge is 2.41. The van der Waals surface area contributed by atoms with Gasteiger partial charge in [0.1, 0.15) is 35.7 Å². The Kier molecular flexibility index (Phi) is 5.30. The van der Waals surface area contributed by atoms with Gasteiger partial charge in [0.2, 0.25) is 0 Å². The summed E-state index contributed by atoms with van der Waals surface area (Å²) in [4.78, 5) is 3.87. The molecule has 4 aromatic rings. The predicted molar refractivity (Wildman–Crippen MR) is 109 cm³/mol. The Hall–Kier alpha value is -3.20. The Labute approximate surface area is 177 Å². The lowest BCUT2D eigenvalue weighted by Crippen LogP contribution is -2.41. The molecule has 2 aromatic heterocycles. The van der Waals surface area contributed by atoms with Gasteiger partial charge in [-0.05, 0) is 38.0 Å². The highest BCUT2D eigenvalue weighted by Crippen LogP contribution is 2.38. The Bertz CT molecular complexity index is 1240. The highest BCUT2D eigenvalue weighted by molar-refractivity contribution is 5.83. The number of benzene rings is 2. The average molecular weight is 429 g/mol. The van der Waals surface area contributed by atoms with E-state index < -0.39 is 29.1 Å². The molecule has 162 valence electrons. The molecule has 2 aromatic carbocycles. The van der Waals surface area contributed by atoms with Crippen molar-refractivity contribution in [3.63, 3.8) is 0 Å². The summed E-state index contributed by atoms with van der Waals surface area (Å²) in [5, 5.41) is 21.2. The van der Waals surface area contributed by atoms with Crippen LogP contribution in [0.1, 0.15) is 36.7 Å². The van der Waals surface area contributed by atoms with Crippen LogP contribution < -0.4 is 0 Å². The van der Waals surface area contributed by atoms with Crippen LogP contribution in [0.15, 0.2) is 43.0 Å². The van der Waals surface area contributed by atoms with Crippen molar-refractivity contribution < 1.29 is 18.3 Å². The van der Waals surface area contributed by atoms with Gasteiger partial charge in [0.15, 0.2) is 0 Å². The molecular formula is C22H22F3N5O. The van der Waals surface area contributed by atoms with Gasteiger partial charge in [-0.15, -0.1) is 0 Å². The summed E-state index contributed by atoms with van der Waals surface area (Å²) in [5.41, 5.74) is -0.320. The SMILES string of the molecule is CCc1nn([C@H](C)[C@](O)(Cn2cncn2)c2ccc(F)cc2F)c2cc(F)c(C)cc12. The number of rotatable bonds is 6. The summed E-state index contributed by atoms with van der Waals surface area (Å²) in [6, 6.07) is 5.23. The molecule has 0 unspecified atom stereocenters. The van der Waals surface area contributed by atoms with Crippen LogP contribution in [0.25, 0.3) is 10.9 Å². The van der Waals surface area contributed by atoms with Crippen LogP contribution in [-0.4, -0.2) is 29.7 Å². The lowest BCUT2D eigenvalue weighted by molar-refractivity contribution is -0.0355. The van der Waals surface area contributed by atoms with Gasteiger partial charge in [0, 0.05) is 23.1 Å². The lowest BCUT2D eigenvalue weighted by Gasteiger charge is -2.35. The van der Waals surface area contributed by atoms with Crippen LogP contribution in [0.4, 0.5) is 13.2 Å². The molecule has 0 saturated carbocycles. The number of aryl methyl sites for hydroxylation is 2. The second-order valence-corrected chi connectivity index (χ2v) is 7.68. The molecule has 0 bridgehead atoms. The number of aliphatic hydroxyl groups is 1. The molecule has 2 atom stereocenters. The Morgan fingerprint density at radius 3 is 2.55 bits per heavy atom. The molecule has 0 saturated heterocycles. The van der Waals surface area contributed by atoms with E-state index in [0.29, 0.717) is 17.5 Å². The van der Waals surface area contributed by atoms with Gasteiger partial charge < -0.3 is 5.11 Å². The summed E-state index contributed by atoms with van der Waals surface area (Å²) in [6.07, 6.45) is 3.28. The summed E-state index contributed by atoms with van der Waals surface area (Å²) >= 11 is 0. The van der Waals surface area contributed by atoms with Crippen LogP contribution >= 0.6 is 0 Å². The Morgan fingerprint density at radius 2 is 1.90 bits per heavy atom. The van der Waals surface area contributed by atoms with Gasteiger partial charge in [-0.2, -0.15) is 10.2 Å². The first-order valence-electron chi connectivity index (χ1n) is 9.92. The lowest BCUT2D eigenvalue weighted by atomic mass is 9.86. The standard InChI is InChI=1S/C22H22F3N5O/c1-4-20-16-7-13(2)18(24)9-21(16)30(28-20)14(3)22(31,10-29-12-26-11-27-29)17-6-5-15(23)8-19(17)25/h5-9,11-12,14,31H,4,10H2,1-3H3/t14-,22-/m1/s1. The predicted octanol–water partition coefficient (Wildman–Crippen LogP) is 4.06. The van der Waals surface area contributed by atoms with Crippen molar-refractivity contribution >= 4 is 10.9 Å². The molecule has 9 heteroatoms. The van der Waals surface area contributed by atoms with Crippen molar-refractivity contribution in [3.05, 3.63) is 77.3 Å². The topological polar surface area (TPSA) is 68.8 Å². The summed E-state index contributed by atoms with van der Waals surface area (Å²) in [5.74, 6) is -2.06. The highest BCUT2D eigenvalue weighted by atomic mass is 19.1. The number of fused-ring (bicyclic) bond motifs is 1. The van der Waals surface area contributed by atoms with Crippen molar-refractivity contribution in [2.24, 2.45) is 0 Å². The minimum absolute atomic E-state index is 0.119. The van der Waals surface area contributed by atoms with E-state index in [9.17, 15) is 18.3 Å². The molecule has 1 N–H and O–H groups in total. The zero-order valence-corrected chi connectivity index (χ0v) is 17.4. The second kappa shape index (κ2) is 7.81. The quantitative estimate of drug-likeness (QED) is 0.502. The molecule has 0 aliphatic heterocycles. The van der Waals surface area contributed by atoms with Crippen LogP contribution in [0.2, 0.25) is 0 Å². The fraction of sp³-hybridized carbons (Fsp3) is 0.318. The van der Waals surface area contributed by atoms with Crippen molar-refractivity contribution in [2.45, 2.75) is 45.4 Å². The van der Waals surface area contributed by atoms with Gasteiger partial charge in [0.25, 0.3) is 0 Å². The van der Waals surface area contributed by atoms with Crippen molar-refractivity contribution in [1.29, 1.82) is 0 Å². The Morgan fingerprint density at radius 1 is 1.13 bits per heavy atom. The molecule has 0 aliphatic carbocycles. The second-order valence-electron chi connectivity index (χ2n) is 7.68. The van der Waals surface area contributed by atoms with Gasteiger partial charge in [-0.3, -0.25) is 4.68 Å². The van der Waals surface area contributed by atoms with Crippen LogP contribution in [0.3, 0.4) is 0 Å². The monoisotopic (exact) mass is 429 g/mol. The van der Waals surface area contributed by atoms with E-state index in [2.05, 4.69) is 15.2 Å². The smallest absolute Gasteiger partial charge is 0.137 e. The van der Waals surface area contributed by atoms with Gasteiger partial charge >= 0.3 is 0 Å². The largest absolute Gasteiger partial charge is 0.381 e. The maximum Gasteiger partial charge on any atom is 0.137 e. The first-order chi connectivity index (χ1) is 14.7. The van der Waals surface area contributed by atoms with E-state index in [1.807, 2.05) is 6.92 Å². The van der Waals surface area contributed by atoms with E-state index in [1.54, 1.807) is 19.9 Å². The van der Waals surface area contributed by atoms with Crippen LogP contribution in [0, 0.1) is 24.4 Å². The molecule has 0 radical (unpaired) electrons. The number of hydrogen-bond donors (Lipinski definition) is 1. The van der Waals surface area contributed by atoms with E-state index in [4.69, 9.17) is 0 Å². The molecule has 0 amide bonds. The van der Waals surface area contributed by atoms with Crippen LogP contribution in [-0.2, 0) is 18.6 Å². The number of nitrogens with zero attached hydrogens (tertiary/aromatic N) is 5. The molecular weight excluding hydrogens is 407 g/mol. The Balaban J connectivity index is 1.92. The third-order valence-electron chi connectivity index (χ3n) is 5.72. The minimum Gasteiger partial charge on any atom is -0.381 e. The maximum absolute atomic E-state index is 14.8. The molecule has 0 spiro atoms. The van der Waals surface area contributed by atoms with Crippen molar-refractivity contribution in [3.8, 4) is 0 Å². The first-order valence-corrected chi connectivity index (χ1v) is 9.92. The average Bonchev–Trinajstić information content (AvgIpc) is 3.35. The van der Waals surface area contributed by atoms with Gasteiger partial charge in [-0.25, -0.2) is 22.8 Å². The van der Waals surface area contributed by atoms with Crippen molar-refractivity contribution in [2.75, 3.05) is 0 Å². The van der Waals surface area contributed by atoms with Crippen LogP contribution in [0.5, 0.6) is 0 Å². The van der Waals surface area contributed by atoms with Gasteiger partial charge in [-0.1, -0.05) is 13.0 Å². The zero-order chi connectivity index (χ0) is 22.3. The molecule has 6 nitrogen and oxygen atoms in total. The first kappa shape index (κ1) is 21.0. The maximum atomic E-state index is 14.8. The normalized spacial score (nSPS) is 14.7. The van der Waals surface area contributed by atoms with E-state index >= 15 is 0 Å². The van der Waals surface area contributed by atoms with E-state index in [-0.39, 0.29) is 12.1 Å². The third-order valence-corrected chi connectivity index (χ3v) is 5.72. The fourth-order valence-corrected chi connectivity index (χ4v) is 3.93. The summed E-state index contributed by atoms with van der Waals surface area (Å²) in [6.45, 7) is 5.08. The number of halogens is 3. The van der Waals surface area contributed by atoms with Gasteiger partial charge in [0.05, 0.1) is 23.8 Å². The molecule has 31 heavy (non-hydrogen) atoms. The van der Waals surface area contributed by atoms with Crippen molar-refractivity contribution in [1.82, 2.24) is 24.5 Å². The summed E-state index contributed by atoms with van der Waals surface area (Å²) in [7, 11) is 0. The molecule has 4 rings (SSSR count). The molecule has 0 fully saturated rings. The number of aromatic nitrogens is 5. The fourth-order valence-electron chi connectivity index (χ4n) is 3.93. The minimum atomic E-state index is -1.89. The third kappa shape index (κ3) is 3.59. The summed E-state index contributed by atoms with van der Waals surface area (Å²) < 4.78 is 45.7. The molecule has 0 aliphatic rings. The molecule has 2 heterocycles. The zero-order valence-electron chi connectivity index (χ0n) is 17.4. The number of hydrogen-bond acceptors (Lipinski definition) is 4.